The number of carbonyl (C=O) groups excluding carboxylic acids is 2. The van der Waals surface area contributed by atoms with Gasteiger partial charge in [0, 0.05) is 50.4 Å². The van der Waals surface area contributed by atoms with Crippen LogP contribution in [0.3, 0.4) is 0 Å². The maximum Gasteiger partial charge on any atom is 0.240 e. The number of hydrazone groups is 2. The predicted octanol–water partition coefficient (Wildman–Crippen LogP) is 4.15. The van der Waals surface area contributed by atoms with Crippen LogP contribution in [0.1, 0.15) is 58.1 Å². The maximum absolute atomic E-state index is 12.0. The van der Waals surface area contributed by atoms with Gasteiger partial charge in [-0.25, -0.2) is 10.9 Å². The van der Waals surface area contributed by atoms with Crippen molar-refractivity contribution in [3.05, 3.63) is 59.7 Å². The van der Waals surface area contributed by atoms with Crippen LogP contribution in [0.15, 0.2) is 58.7 Å². The second-order valence-electron chi connectivity index (χ2n) is 7.97. The lowest BCUT2D eigenvalue weighted by Crippen LogP contribution is -2.21. The smallest absolute Gasteiger partial charge is 0.240 e. The van der Waals surface area contributed by atoms with Gasteiger partial charge in [0.1, 0.15) is 0 Å². The summed E-state index contributed by atoms with van der Waals surface area (Å²) in [7, 11) is 0. The molecule has 0 saturated heterocycles. The Morgan fingerprint density at radius 1 is 0.657 bits per heavy atom. The minimum atomic E-state index is -0.231. The summed E-state index contributed by atoms with van der Waals surface area (Å²) in [4.78, 5) is 28.4. The molecule has 0 heterocycles. The third-order valence-electron chi connectivity index (χ3n) is 5.66. The largest absolute Gasteiger partial charge is 0.372 e. The predicted molar refractivity (Wildman–Crippen MR) is 145 cm³/mol. The number of nitrogens with one attached hydrogen (secondary N) is 2. The zero-order chi connectivity index (χ0) is 25.5. The minimum Gasteiger partial charge on any atom is -0.372 e. The molecule has 0 aliphatic rings. The van der Waals surface area contributed by atoms with E-state index in [-0.39, 0.29) is 24.7 Å². The number of hydrogen-bond acceptors (Lipinski definition) is 6. The van der Waals surface area contributed by atoms with Gasteiger partial charge in [-0.3, -0.25) is 9.59 Å². The monoisotopic (exact) mass is 478 g/mol. The van der Waals surface area contributed by atoms with Gasteiger partial charge in [-0.1, -0.05) is 24.3 Å². The first-order valence-corrected chi connectivity index (χ1v) is 12.3. The third-order valence-corrected chi connectivity index (χ3v) is 5.66. The van der Waals surface area contributed by atoms with Crippen molar-refractivity contribution in [3.8, 4) is 0 Å². The van der Waals surface area contributed by atoms with E-state index >= 15 is 0 Å². The van der Waals surface area contributed by atoms with Crippen molar-refractivity contribution < 1.29 is 9.59 Å². The van der Waals surface area contributed by atoms with Crippen LogP contribution in [0.5, 0.6) is 0 Å². The summed E-state index contributed by atoms with van der Waals surface area (Å²) in [5.41, 5.74) is 9.14. The van der Waals surface area contributed by atoms with Crippen LogP contribution >= 0.6 is 0 Å². The normalized spacial score (nSPS) is 11.1. The van der Waals surface area contributed by atoms with Crippen molar-refractivity contribution in [2.75, 3.05) is 36.0 Å². The van der Waals surface area contributed by atoms with E-state index in [1.807, 2.05) is 48.5 Å². The van der Waals surface area contributed by atoms with Crippen LogP contribution < -0.4 is 20.7 Å². The molecule has 2 rings (SSSR count). The van der Waals surface area contributed by atoms with Gasteiger partial charge < -0.3 is 9.80 Å². The lowest BCUT2D eigenvalue weighted by molar-refractivity contribution is -0.122. The van der Waals surface area contributed by atoms with Crippen molar-refractivity contribution in [2.24, 2.45) is 10.2 Å². The summed E-state index contributed by atoms with van der Waals surface area (Å²) in [6.07, 6.45) is 4.06. The summed E-state index contributed by atoms with van der Waals surface area (Å²) < 4.78 is 0. The Morgan fingerprint density at radius 3 is 1.31 bits per heavy atom. The van der Waals surface area contributed by atoms with E-state index in [9.17, 15) is 9.59 Å². The molecule has 8 heteroatoms. The molecular weight excluding hydrogens is 440 g/mol. The van der Waals surface area contributed by atoms with E-state index < -0.39 is 0 Å². The molecule has 8 nitrogen and oxygen atoms in total. The molecule has 2 aromatic carbocycles. The molecule has 0 spiro atoms. The molecule has 2 N–H and O–H groups in total. The highest BCUT2D eigenvalue weighted by molar-refractivity contribution is 5.84. The van der Waals surface area contributed by atoms with Crippen molar-refractivity contribution in [3.63, 3.8) is 0 Å². The van der Waals surface area contributed by atoms with E-state index in [2.05, 4.69) is 58.5 Å². The summed E-state index contributed by atoms with van der Waals surface area (Å²) in [6, 6.07) is 16.0. The molecule has 0 aliphatic carbocycles. The molecule has 0 aromatic heterocycles. The number of nitrogens with zero attached hydrogens (tertiary/aromatic N) is 4. The van der Waals surface area contributed by atoms with E-state index in [1.165, 1.54) is 0 Å². The van der Waals surface area contributed by atoms with Gasteiger partial charge in [0.25, 0.3) is 0 Å². The molecule has 0 fully saturated rings. The Hall–Kier alpha value is -3.68. The summed E-state index contributed by atoms with van der Waals surface area (Å²) >= 11 is 0. The van der Waals surface area contributed by atoms with E-state index in [1.54, 1.807) is 12.4 Å². The fourth-order valence-electron chi connectivity index (χ4n) is 3.60. The van der Waals surface area contributed by atoms with Crippen molar-refractivity contribution in [1.29, 1.82) is 0 Å². The van der Waals surface area contributed by atoms with Crippen molar-refractivity contribution in [1.82, 2.24) is 10.9 Å². The van der Waals surface area contributed by atoms with Crippen molar-refractivity contribution in [2.45, 2.75) is 47.0 Å². The average Bonchev–Trinajstić information content (AvgIpc) is 2.87. The highest BCUT2D eigenvalue weighted by Crippen LogP contribution is 2.15. The second-order valence-corrected chi connectivity index (χ2v) is 7.97. The van der Waals surface area contributed by atoms with E-state index in [0.717, 1.165) is 48.7 Å². The molecule has 0 radical (unpaired) electrons. The number of carbonyl (C=O) groups is 2. The minimum absolute atomic E-state index is 0.211. The standard InChI is InChI=1S/C27H38N6O2/c1-5-32(6-2)24-16-12-22(13-17-24)20-28-30-26(34)10-9-11-27(35)31-29-21-23-14-18-25(19-15-23)33(7-3)8-4/h12-21H,5-11H2,1-4H3,(H,30,34)(H,31,35)/b28-20+,29-21+. The SMILES string of the molecule is CCN(CC)c1ccc(/C=N/NC(=O)CCCC(=O)N/N=C/c2ccc(N(CC)CC)cc2)cc1. The van der Waals surface area contributed by atoms with Gasteiger partial charge in [0.15, 0.2) is 0 Å². The number of hydrogen-bond donors (Lipinski definition) is 2. The Kier molecular flexibility index (Phi) is 12.0. The zero-order valence-electron chi connectivity index (χ0n) is 21.3. The first kappa shape index (κ1) is 27.6. The lowest BCUT2D eigenvalue weighted by atomic mass is 10.2. The summed E-state index contributed by atoms with van der Waals surface area (Å²) in [6.45, 7) is 12.3. The molecule has 0 atom stereocenters. The van der Waals surface area contributed by atoms with Crippen LogP contribution in [0, 0.1) is 0 Å². The molecule has 2 aromatic rings. The van der Waals surface area contributed by atoms with Gasteiger partial charge in [-0.2, -0.15) is 10.2 Å². The summed E-state index contributed by atoms with van der Waals surface area (Å²) in [5.74, 6) is -0.462. The van der Waals surface area contributed by atoms with Crippen LogP contribution in [-0.2, 0) is 9.59 Å². The fourth-order valence-corrected chi connectivity index (χ4v) is 3.60. The fraction of sp³-hybridized carbons (Fsp3) is 0.407. The number of benzene rings is 2. The molecule has 2 amide bonds. The number of anilines is 2. The lowest BCUT2D eigenvalue weighted by Gasteiger charge is -2.20. The molecular formula is C27H38N6O2. The Bertz CT molecular complexity index is 883. The van der Waals surface area contributed by atoms with E-state index in [0.29, 0.717) is 6.42 Å². The van der Waals surface area contributed by atoms with E-state index in [4.69, 9.17) is 0 Å². The van der Waals surface area contributed by atoms with Gasteiger partial charge in [0.2, 0.25) is 11.8 Å². The molecule has 0 saturated carbocycles. The second kappa shape index (κ2) is 15.3. The Labute approximate surface area is 209 Å². The molecule has 188 valence electrons. The quantitative estimate of drug-likeness (QED) is 0.315. The Balaban J connectivity index is 1.66. The number of rotatable bonds is 14. The first-order valence-electron chi connectivity index (χ1n) is 12.3. The van der Waals surface area contributed by atoms with Gasteiger partial charge >= 0.3 is 0 Å². The van der Waals surface area contributed by atoms with Crippen molar-refractivity contribution >= 4 is 35.6 Å². The van der Waals surface area contributed by atoms with Crippen LogP contribution in [0.4, 0.5) is 11.4 Å². The highest BCUT2D eigenvalue weighted by atomic mass is 16.2. The molecule has 0 aliphatic heterocycles. The topological polar surface area (TPSA) is 89.4 Å². The van der Waals surface area contributed by atoms with Crippen LogP contribution in [0.2, 0.25) is 0 Å². The molecule has 0 unspecified atom stereocenters. The maximum atomic E-state index is 12.0. The third kappa shape index (κ3) is 9.60. The van der Waals surface area contributed by atoms with Crippen LogP contribution in [-0.4, -0.2) is 50.4 Å². The van der Waals surface area contributed by atoms with Gasteiger partial charge in [0.05, 0.1) is 12.4 Å². The summed E-state index contributed by atoms with van der Waals surface area (Å²) in [5, 5.41) is 8.00. The molecule has 35 heavy (non-hydrogen) atoms. The molecule has 0 bridgehead atoms. The van der Waals surface area contributed by atoms with Crippen LogP contribution in [0.25, 0.3) is 0 Å². The highest BCUT2D eigenvalue weighted by Gasteiger charge is 2.05. The van der Waals surface area contributed by atoms with Gasteiger partial charge in [-0.15, -0.1) is 0 Å². The number of amides is 2. The average molecular weight is 479 g/mol. The van der Waals surface area contributed by atoms with Gasteiger partial charge in [-0.05, 0) is 69.5 Å². The first-order chi connectivity index (χ1) is 17.0. The Morgan fingerprint density at radius 2 is 1.00 bits per heavy atom. The zero-order valence-corrected chi connectivity index (χ0v) is 21.3.